The molecular weight excluding hydrogens is 509 g/mol. The molecule has 0 amide bonds. The van der Waals surface area contributed by atoms with Crippen molar-refractivity contribution >= 4 is 21.8 Å². The van der Waals surface area contributed by atoms with Crippen LogP contribution in [0, 0.1) is 0 Å². The monoisotopic (exact) mass is 559 g/mol. The maximum Gasteiger partial charge on any atom is 0.509 e. The van der Waals surface area contributed by atoms with Crippen molar-refractivity contribution in [2.24, 2.45) is 0 Å². The Balaban J connectivity index is 3.34. The van der Waals surface area contributed by atoms with Gasteiger partial charge in [-0.25, -0.2) is 4.79 Å². The molecule has 0 saturated heterocycles. The minimum atomic E-state index is -2.69. The molecule has 1 atom stereocenters. The zero-order valence-corrected chi connectivity index (χ0v) is 27.1. The second-order valence-electron chi connectivity index (χ2n) is 13.3. The van der Waals surface area contributed by atoms with E-state index >= 15 is 0 Å². The van der Waals surface area contributed by atoms with Gasteiger partial charge in [0, 0.05) is 31.0 Å². The molecule has 214 valence electrons. The topological polar surface area (TPSA) is 92.3 Å². The molecule has 0 spiro atoms. The molecule has 8 nitrogen and oxygen atoms in total. The summed E-state index contributed by atoms with van der Waals surface area (Å²) in [6.45, 7) is 26.1. The lowest BCUT2D eigenvalue weighted by atomic mass is 10.0. The Kier molecular flexibility index (Phi) is 11.5. The van der Waals surface area contributed by atoms with Gasteiger partial charge in [-0.05, 0) is 77.4 Å². The van der Waals surface area contributed by atoms with Gasteiger partial charge in [0.25, 0.3) is 0 Å². The molecular formula is C27H50NO7PSi. The van der Waals surface area contributed by atoms with Crippen LogP contribution in [0.15, 0.2) is 18.2 Å². The Bertz CT molecular complexity index is 940. The summed E-state index contributed by atoms with van der Waals surface area (Å²) < 4.78 is 40.8. The first-order chi connectivity index (χ1) is 16.5. The lowest BCUT2D eigenvalue weighted by Crippen LogP contribution is -2.40. The maximum absolute atomic E-state index is 12.6. The van der Waals surface area contributed by atoms with Crippen LogP contribution in [-0.4, -0.2) is 52.3 Å². The van der Waals surface area contributed by atoms with Gasteiger partial charge in [0.1, 0.15) is 17.5 Å². The van der Waals surface area contributed by atoms with Crippen molar-refractivity contribution in [1.29, 1.82) is 0 Å². The summed E-state index contributed by atoms with van der Waals surface area (Å²) in [4.78, 5) is 12.6. The van der Waals surface area contributed by atoms with Crippen LogP contribution in [0.1, 0.15) is 79.5 Å². The van der Waals surface area contributed by atoms with Gasteiger partial charge >= 0.3 is 6.16 Å². The lowest BCUT2D eigenvalue weighted by molar-refractivity contribution is -0.0282. The Morgan fingerprint density at radius 1 is 1.03 bits per heavy atom. The van der Waals surface area contributed by atoms with E-state index in [2.05, 4.69) is 39.2 Å². The van der Waals surface area contributed by atoms with Gasteiger partial charge in [0.05, 0.1) is 6.61 Å². The van der Waals surface area contributed by atoms with Crippen molar-refractivity contribution in [2.75, 3.05) is 26.7 Å². The molecule has 1 N–H and O–H groups in total. The van der Waals surface area contributed by atoms with Crippen molar-refractivity contribution in [1.82, 2.24) is 5.32 Å². The average Bonchev–Trinajstić information content (AvgIpc) is 2.66. The number of hydrogen-bond donors (Lipinski definition) is 1. The molecule has 0 bridgehead atoms. The number of nitrogens with one attached hydrogen (secondary N) is 1. The number of rotatable bonds is 11. The van der Waals surface area contributed by atoms with Crippen LogP contribution in [0.25, 0.3) is 0 Å². The fraction of sp³-hybridized carbons (Fsp3) is 0.741. The highest BCUT2D eigenvalue weighted by atomic mass is 31.2. The molecule has 37 heavy (non-hydrogen) atoms. The van der Waals surface area contributed by atoms with E-state index in [1.807, 2.05) is 39.0 Å². The average molecular weight is 560 g/mol. The Morgan fingerprint density at radius 3 is 2.11 bits per heavy atom. The first-order valence-electron chi connectivity index (χ1n) is 12.7. The molecule has 0 aromatic heterocycles. The molecule has 0 saturated carbocycles. The van der Waals surface area contributed by atoms with Crippen molar-refractivity contribution < 1.29 is 32.5 Å². The largest absolute Gasteiger partial charge is 0.509 e. The molecule has 0 radical (unpaired) electrons. The lowest BCUT2D eigenvalue weighted by Gasteiger charge is -2.36. The third-order valence-corrected chi connectivity index (χ3v) is 11.1. The van der Waals surface area contributed by atoms with Crippen LogP contribution >= 0.6 is 7.37 Å². The highest BCUT2D eigenvalue weighted by Gasteiger charge is 2.37. The number of benzene rings is 1. The minimum absolute atomic E-state index is 0.0325. The van der Waals surface area contributed by atoms with Crippen molar-refractivity contribution in [2.45, 2.75) is 104 Å². The quantitative estimate of drug-likeness (QED) is 0.129. The highest BCUT2D eigenvalue weighted by molar-refractivity contribution is 7.57. The zero-order valence-electron chi connectivity index (χ0n) is 25.2. The summed E-state index contributed by atoms with van der Waals surface area (Å²) in [7, 11) is -4.75. The number of carbonyl (C=O) groups is 1. The smallest absolute Gasteiger partial charge is 0.467 e. The number of carbonyl (C=O) groups excluding carboxylic acids is 1. The SMILES string of the molecule is CC(C)(C)NCC(OC(=O)OC(C)(C)C)c1ccc(OCOP(C)(C)=O)c(CO[Si](C)(C)C(C)(C)C)c1. The van der Waals surface area contributed by atoms with E-state index in [4.69, 9.17) is 23.2 Å². The summed E-state index contributed by atoms with van der Waals surface area (Å²) in [6, 6.07) is 5.59. The van der Waals surface area contributed by atoms with E-state index in [0.717, 1.165) is 11.1 Å². The van der Waals surface area contributed by atoms with Crippen LogP contribution in [0.4, 0.5) is 4.79 Å². The molecule has 0 aliphatic carbocycles. The fourth-order valence-electron chi connectivity index (χ4n) is 2.76. The van der Waals surface area contributed by atoms with E-state index in [9.17, 15) is 9.36 Å². The zero-order chi connectivity index (χ0) is 28.9. The highest BCUT2D eigenvalue weighted by Crippen LogP contribution is 2.39. The Morgan fingerprint density at radius 2 is 1.62 bits per heavy atom. The van der Waals surface area contributed by atoms with E-state index in [1.54, 1.807) is 34.1 Å². The molecule has 0 aliphatic heterocycles. The van der Waals surface area contributed by atoms with Gasteiger partial charge in [-0.15, -0.1) is 0 Å². The van der Waals surface area contributed by atoms with Crippen LogP contribution in [0.3, 0.4) is 0 Å². The summed E-state index contributed by atoms with van der Waals surface area (Å²) in [5.74, 6) is 0.565. The van der Waals surface area contributed by atoms with Crippen LogP contribution in [-0.2, 0) is 29.6 Å². The molecule has 0 fully saturated rings. The van der Waals surface area contributed by atoms with Crippen molar-refractivity contribution in [3.8, 4) is 5.75 Å². The normalized spacial score (nSPS) is 14.3. The summed E-state index contributed by atoms with van der Waals surface area (Å²) >= 11 is 0. The first-order valence-corrected chi connectivity index (χ1v) is 18.2. The predicted molar refractivity (Wildman–Crippen MR) is 152 cm³/mol. The Labute approximate surface area is 225 Å². The molecule has 0 aliphatic rings. The molecule has 0 heterocycles. The first kappa shape index (κ1) is 33.6. The fourth-order valence-corrected chi connectivity index (χ4v) is 4.02. The van der Waals surface area contributed by atoms with Crippen molar-refractivity contribution in [3.05, 3.63) is 29.3 Å². The molecule has 1 aromatic rings. The second-order valence-corrected chi connectivity index (χ2v) is 20.8. The van der Waals surface area contributed by atoms with Gasteiger partial charge < -0.3 is 24.0 Å². The third kappa shape index (κ3) is 13.3. The third-order valence-electron chi connectivity index (χ3n) is 5.87. The summed E-state index contributed by atoms with van der Waals surface area (Å²) in [6.07, 6.45) is -1.33. The van der Waals surface area contributed by atoms with Gasteiger partial charge in [-0.1, -0.05) is 26.8 Å². The maximum atomic E-state index is 12.6. The standard InChI is InChI=1S/C27H50NO7PSi/c1-25(2,3)28-17-23(34-24(29)35-26(4,5)6)20-14-15-22(31-19-32-36(10,11)30)21(16-20)18-33-37(12,13)27(7,8)9/h14-16,23,28H,17-19H2,1-13H3. The van der Waals surface area contributed by atoms with Gasteiger partial charge in [-0.3, -0.25) is 9.09 Å². The van der Waals surface area contributed by atoms with Gasteiger partial charge in [0.15, 0.2) is 22.5 Å². The second kappa shape index (κ2) is 12.6. The number of hydrogen-bond acceptors (Lipinski definition) is 8. The molecule has 1 rings (SSSR count). The van der Waals surface area contributed by atoms with Crippen molar-refractivity contribution in [3.63, 3.8) is 0 Å². The molecule has 1 unspecified atom stereocenters. The van der Waals surface area contributed by atoms with Crippen LogP contribution in [0.2, 0.25) is 18.1 Å². The summed E-state index contributed by atoms with van der Waals surface area (Å²) in [5.41, 5.74) is 0.720. The van der Waals surface area contributed by atoms with Crippen LogP contribution in [0.5, 0.6) is 5.75 Å². The van der Waals surface area contributed by atoms with E-state index in [0.29, 0.717) is 18.9 Å². The van der Waals surface area contributed by atoms with E-state index in [1.165, 1.54) is 0 Å². The number of ether oxygens (including phenoxy) is 3. The van der Waals surface area contributed by atoms with E-state index < -0.39 is 33.5 Å². The minimum Gasteiger partial charge on any atom is -0.467 e. The Hall–Kier alpha value is -1.38. The van der Waals surface area contributed by atoms with Gasteiger partial charge in [-0.2, -0.15) is 0 Å². The molecule has 10 heteroatoms. The predicted octanol–water partition coefficient (Wildman–Crippen LogP) is 7.48. The van der Waals surface area contributed by atoms with Gasteiger partial charge in [0.2, 0.25) is 0 Å². The molecule has 1 aromatic carbocycles. The summed E-state index contributed by atoms with van der Waals surface area (Å²) in [5, 5.41) is 3.44. The van der Waals surface area contributed by atoms with Crippen LogP contribution < -0.4 is 10.1 Å². The van der Waals surface area contributed by atoms with E-state index in [-0.39, 0.29) is 17.4 Å².